The Labute approximate surface area is 147 Å². The quantitative estimate of drug-likeness (QED) is 0.557. The van der Waals surface area contributed by atoms with E-state index in [2.05, 4.69) is 20.3 Å². The van der Waals surface area contributed by atoms with Crippen LogP contribution in [0.1, 0.15) is 10.7 Å². The lowest BCUT2D eigenvalue weighted by molar-refractivity contribution is 0.395. The zero-order valence-electron chi connectivity index (χ0n) is 13.3. The second-order valence-corrected chi connectivity index (χ2v) is 6.22. The molecule has 0 aliphatic rings. The minimum Gasteiger partial charge on any atom is -0.497 e. The first-order chi connectivity index (χ1) is 11.6. The van der Waals surface area contributed by atoms with Crippen LogP contribution < -0.4 is 9.47 Å². The highest BCUT2D eigenvalue weighted by Gasteiger charge is 2.14. The summed E-state index contributed by atoms with van der Waals surface area (Å²) >= 11 is 6.83. The minimum atomic E-state index is 0.381. The van der Waals surface area contributed by atoms with Gasteiger partial charge in [0.15, 0.2) is 5.82 Å². The third kappa shape index (κ3) is 3.22. The Morgan fingerprint density at radius 1 is 1.33 bits per heavy atom. The van der Waals surface area contributed by atoms with Gasteiger partial charge < -0.3 is 9.47 Å². The van der Waals surface area contributed by atoms with E-state index < -0.39 is 0 Å². The van der Waals surface area contributed by atoms with Crippen LogP contribution in [0.2, 0.25) is 0 Å². The van der Waals surface area contributed by atoms with E-state index in [1.807, 2.05) is 24.4 Å². The van der Waals surface area contributed by atoms with Crippen molar-refractivity contribution < 1.29 is 9.47 Å². The number of thiazole rings is 1. The molecule has 0 spiro atoms. The molecule has 0 unspecified atom stereocenters. The van der Waals surface area contributed by atoms with Crippen LogP contribution in [-0.2, 0) is 0 Å². The Morgan fingerprint density at radius 2 is 2.17 bits per heavy atom. The van der Waals surface area contributed by atoms with Gasteiger partial charge in [-0.3, -0.25) is 0 Å². The Balaban J connectivity index is 2.04. The first-order valence-corrected chi connectivity index (χ1v) is 8.27. The molecule has 24 heavy (non-hydrogen) atoms. The maximum Gasteiger partial charge on any atom is 0.216 e. The van der Waals surface area contributed by atoms with Gasteiger partial charge >= 0.3 is 0 Å². The number of hydrogen-bond acceptors (Lipinski definition) is 7. The number of benzene rings is 1. The van der Waals surface area contributed by atoms with Gasteiger partial charge in [-0.1, -0.05) is 0 Å². The third-order valence-electron chi connectivity index (χ3n) is 3.24. The predicted octanol–water partition coefficient (Wildman–Crippen LogP) is 3.27. The fraction of sp³-hybridized carbons (Fsp3) is 0.200. The number of hydrogen-bond donors (Lipinski definition) is 1. The highest BCUT2D eigenvalue weighted by Crippen LogP contribution is 2.32. The fourth-order valence-electron chi connectivity index (χ4n) is 2.11. The van der Waals surface area contributed by atoms with Crippen LogP contribution in [0.4, 0.5) is 0 Å². The second-order valence-electron chi connectivity index (χ2n) is 4.77. The van der Waals surface area contributed by atoms with Crippen molar-refractivity contribution in [2.45, 2.75) is 6.92 Å². The lowest BCUT2D eigenvalue weighted by Gasteiger charge is -2.09. The van der Waals surface area contributed by atoms with Crippen molar-refractivity contribution in [3.63, 3.8) is 0 Å². The zero-order chi connectivity index (χ0) is 17.1. The van der Waals surface area contributed by atoms with E-state index in [0.29, 0.717) is 22.1 Å². The topological polar surface area (TPSA) is 77.3 Å². The van der Waals surface area contributed by atoms with Crippen molar-refractivity contribution in [3.05, 3.63) is 39.1 Å². The van der Waals surface area contributed by atoms with E-state index in [1.165, 1.54) is 4.68 Å². The summed E-state index contributed by atoms with van der Waals surface area (Å²) in [4.78, 5) is 4.35. The summed E-state index contributed by atoms with van der Waals surface area (Å²) in [7, 11) is 3.19. The molecule has 0 fully saturated rings. The lowest BCUT2D eigenvalue weighted by atomic mass is 10.2. The van der Waals surface area contributed by atoms with Crippen LogP contribution in [0.25, 0.3) is 11.4 Å². The molecule has 3 aromatic rings. The Hall–Kier alpha value is -2.52. The monoisotopic (exact) mass is 361 g/mol. The van der Waals surface area contributed by atoms with Gasteiger partial charge in [-0.05, 0) is 31.3 Å². The molecule has 0 saturated heterocycles. The number of aromatic nitrogens is 4. The molecule has 2 aromatic heterocycles. The lowest BCUT2D eigenvalue weighted by Crippen LogP contribution is -1.98. The summed E-state index contributed by atoms with van der Waals surface area (Å²) in [5, 5.41) is 14.3. The SMILES string of the molecule is COc1ccc(-c2n[nH]c(=S)n2/N=C\c2csc(C)n2)c(OC)c1. The van der Waals surface area contributed by atoms with Crippen LogP contribution in [-0.4, -0.2) is 40.3 Å². The van der Waals surface area contributed by atoms with Gasteiger partial charge in [-0.25, -0.2) is 10.1 Å². The van der Waals surface area contributed by atoms with Gasteiger partial charge in [0.25, 0.3) is 0 Å². The zero-order valence-corrected chi connectivity index (χ0v) is 14.9. The predicted molar refractivity (Wildman–Crippen MR) is 95.8 cm³/mol. The molecule has 2 heterocycles. The standard InChI is InChI=1S/C15H15N5O2S2/c1-9-17-10(8-24-9)7-16-20-14(18-19-15(20)23)12-5-4-11(21-2)6-13(12)22-3/h4-8H,1-3H3,(H,19,23)/b16-7-. The molecule has 0 aliphatic heterocycles. The summed E-state index contributed by atoms with van der Waals surface area (Å²) in [6.45, 7) is 1.94. The van der Waals surface area contributed by atoms with E-state index in [9.17, 15) is 0 Å². The first kappa shape index (κ1) is 16.3. The number of H-pyrrole nitrogens is 1. The Bertz CT molecular complexity index is 941. The summed E-state index contributed by atoms with van der Waals surface area (Å²) in [5.41, 5.74) is 1.52. The van der Waals surface area contributed by atoms with Crippen molar-refractivity contribution in [3.8, 4) is 22.9 Å². The molecule has 7 nitrogen and oxygen atoms in total. The molecule has 1 N–H and O–H groups in total. The number of nitrogens with one attached hydrogen (secondary N) is 1. The van der Waals surface area contributed by atoms with Crippen molar-refractivity contribution in [1.82, 2.24) is 19.9 Å². The maximum absolute atomic E-state index is 5.43. The highest BCUT2D eigenvalue weighted by atomic mass is 32.1. The normalized spacial score (nSPS) is 11.1. The van der Waals surface area contributed by atoms with Crippen LogP contribution in [0, 0.1) is 11.7 Å². The van der Waals surface area contributed by atoms with Crippen molar-refractivity contribution in [2.24, 2.45) is 5.10 Å². The van der Waals surface area contributed by atoms with Gasteiger partial charge in [0.05, 0.1) is 36.7 Å². The van der Waals surface area contributed by atoms with Crippen LogP contribution >= 0.6 is 23.6 Å². The van der Waals surface area contributed by atoms with E-state index in [1.54, 1.807) is 37.8 Å². The van der Waals surface area contributed by atoms with Gasteiger partial charge in [0.2, 0.25) is 4.77 Å². The molecule has 0 amide bonds. The Morgan fingerprint density at radius 3 is 2.83 bits per heavy atom. The molecule has 0 radical (unpaired) electrons. The van der Waals surface area contributed by atoms with E-state index in [0.717, 1.165) is 16.3 Å². The van der Waals surface area contributed by atoms with E-state index in [4.69, 9.17) is 21.7 Å². The van der Waals surface area contributed by atoms with E-state index in [-0.39, 0.29) is 0 Å². The number of aromatic amines is 1. The Kier molecular flexibility index (Phi) is 4.72. The molecule has 0 atom stereocenters. The number of methoxy groups -OCH3 is 2. The largest absolute Gasteiger partial charge is 0.497 e. The average molecular weight is 361 g/mol. The first-order valence-electron chi connectivity index (χ1n) is 6.98. The summed E-state index contributed by atoms with van der Waals surface area (Å²) in [6, 6.07) is 5.46. The van der Waals surface area contributed by atoms with Gasteiger partial charge in [0, 0.05) is 11.4 Å². The fourth-order valence-corrected chi connectivity index (χ4v) is 2.85. The summed E-state index contributed by atoms with van der Waals surface area (Å²) in [6.07, 6.45) is 1.65. The molecular weight excluding hydrogens is 346 g/mol. The average Bonchev–Trinajstić information content (AvgIpc) is 3.18. The number of nitrogens with zero attached hydrogens (tertiary/aromatic N) is 4. The third-order valence-corrected chi connectivity index (χ3v) is 4.30. The van der Waals surface area contributed by atoms with Crippen molar-refractivity contribution in [1.29, 1.82) is 0 Å². The van der Waals surface area contributed by atoms with Gasteiger partial charge in [-0.15, -0.1) is 11.3 Å². The van der Waals surface area contributed by atoms with Crippen molar-refractivity contribution in [2.75, 3.05) is 14.2 Å². The summed E-state index contributed by atoms with van der Waals surface area (Å²) < 4.78 is 12.6. The molecule has 0 bridgehead atoms. The van der Waals surface area contributed by atoms with E-state index >= 15 is 0 Å². The molecule has 9 heteroatoms. The van der Waals surface area contributed by atoms with Crippen molar-refractivity contribution >= 4 is 29.8 Å². The number of ether oxygens (including phenoxy) is 2. The molecule has 0 saturated carbocycles. The maximum atomic E-state index is 5.43. The molecular formula is C15H15N5O2S2. The van der Waals surface area contributed by atoms with Crippen LogP contribution in [0.3, 0.4) is 0 Å². The molecule has 124 valence electrons. The van der Waals surface area contributed by atoms with Gasteiger partial charge in [0.1, 0.15) is 11.5 Å². The van der Waals surface area contributed by atoms with Crippen LogP contribution in [0.5, 0.6) is 11.5 Å². The molecule has 0 aliphatic carbocycles. The smallest absolute Gasteiger partial charge is 0.216 e. The summed E-state index contributed by atoms with van der Waals surface area (Å²) in [5.74, 6) is 1.85. The molecule has 1 aromatic carbocycles. The number of rotatable bonds is 5. The van der Waals surface area contributed by atoms with Crippen LogP contribution in [0.15, 0.2) is 28.7 Å². The number of aryl methyl sites for hydroxylation is 1. The highest BCUT2D eigenvalue weighted by molar-refractivity contribution is 7.71. The second kappa shape index (κ2) is 6.93. The minimum absolute atomic E-state index is 0.381. The molecule has 3 rings (SSSR count). The van der Waals surface area contributed by atoms with Gasteiger partial charge in [-0.2, -0.15) is 14.9 Å².